The standard InChI is InChI=1S/C19H11ClN2O3/c20-14-7-5-11(6-8-14)18-22-16(19(24)25-18)10-13-9-12-3-1-2-4-15(12)21-17(13)23/h1-10,24H/b13-10+. The molecule has 122 valence electrons. The third kappa shape index (κ3) is 2.97. The molecule has 5 nitrogen and oxygen atoms in total. The fourth-order valence-corrected chi connectivity index (χ4v) is 2.63. The first kappa shape index (κ1) is 15.4. The number of fused-ring (bicyclic) bond motifs is 1. The monoisotopic (exact) mass is 350 g/mol. The van der Waals surface area contributed by atoms with Crippen LogP contribution in [0.5, 0.6) is 5.95 Å². The SMILES string of the molecule is O=C1N=c2ccccc2=C/C1=C\c1nc(-c2ccc(Cl)cc2)oc1O. The van der Waals surface area contributed by atoms with E-state index in [0.717, 1.165) is 5.22 Å². The lowest BCUT2D eigenvalue weighted by molar-refractivity contribution is -0.114. The molecule has 0 aliphatic carbocycles. The van der Waals surface area contributed by atoms with Crippen molar-refractivity contribution in [3.05, 3.63) is 75.4 Å². The van der Waals surface area contributed by atoms with Crippen LogP contribution < -0.4 is 10.6 Å². The van der Waals surface area contributed by atoms with Gasteiger partial charge in [-0.3, -0.25) is 4.79 Å². The molecule has 6 heteroatoms. The number of amides is 1. The van der Waals surface area contributed by atoms with Crippen LogP contribution in [0.25, 0.3) is 23.6 Å². The molecule has 0 radical (unpaired) electrons. The van der Waals surface area contributed by atoms with Gasteiger partial charge in [0.2, 0.25) is 5.89 Å². The lowest BCUT2D eigenvalue weighted by atomic mass is 10.1. The highest BCUT2D eigenvalue weighted by Crippen LogP contribution is 2.29. The van der Waals surface area contributed by atoms with E-state index in [1.165, 1.54) is 6.08 Å². The van der Waals surface area contributed by atoms with Crippen molar-refractivity contribution >= 4 is 29.7 Å². The largest absolute Gasteiger partial charge is 0.479 e. The molecule has 2 aromatic carbocycles. The maximum atomic E-state index is 12.2. The van der Waals surface area contributed by atoms with E-state index >= 15 is 0 Å². The van der Waals surface area contributed by atoms with Crippen molar-refractivity contribution in [3.8, 4) is 17.4 Å². The van der Waals surface area contributed by atoms with Crippen molar-refractivity contribution < 1.29 is 14.3 Å². The molecule has 0 unspecified atom stereocenters. The first-order valence-electron chi connectivity index (χ1n) is 7.47. The topological polar surface area (TPSA) is 75.7 Å². The van der Waals surface area contributed by atoms with Crippen LogP contribution in [0.3, 0.4) is 0 Å². The summed E-state index contributed by atoms with van der Waals surface area (Å²) in [6.07, 6.45) is 3.17. The van der Waals surface area contributed by atoms with Crippen LogP contribution in [0.15, 0.2) is 63.5 Å². The van der Waals surface area contributed by atoms with E-state index in [2.05, 4.69) is 9.98 Å². The Morgan fingerprint density at radius 3 is 2.64 bits per heavy atom. The first-order valence-corrected chi connectivity index (χ1v) is 7.85. The number of para-hydroxylation sites is 1. The van der Waals surface area contributed by atoms with Gasteiger partial charge in [0.15, 0.2) is 0 Å². The number of benzene rings is 2. The number of oxazole rings is 1. The van der Waals surface area contributed by atoms with Gasteiger partial charge in [-0.1, -0.05) is 29.8 Å². The second-order valence-corrected chi connectivity index (χ2v) is 5.87. The number of nitrogens with zero attached hydrogens (tertiary/aromatic N) is 2. The third-order valence-corrected chi connectivity index (χ3v) is 3.99. The van der Waals surface area contributed by atoms with Gasteiger partial charge in [0.25, 0.3) is 5.91 Å². The molecule has 1 aliphatic rings. The van der Waals surface area contributed by atoms with E-state index in [1.807, 2.05) is 18.2 Å². The van der Waals surface area contributed by atoms with Gasteiger partial charge >= 0.3 is 5.95 Å². The highest BCUT2D eigenvalue weighted by atomic mass is 35.5. The van der Waals surface area contributed by atoms with Gasteiger partial charge in [-0.15, -0.1) is 0 Å². The van der Waals surface area contributed by atoms with Gasteiger partial charge in [0.05, 0.1) is 5.36 Å². The average molecular weight is 351 g/mol. The summed E-state index contributed by atoms with van der Waals surface area (Å²) in [6, 6.07) is 14.2. The fraction of sp³-hybridized carbons (Fsp3) is 0. The molecule has 0 atom stereocenters. The zero-order valence-corrected chi connectivity index (χ0v) is 13.6. The predicted molar refractivity (Wildman–Crippen MR) is 93.3 cm³/mol. The zero-order valence-electron chi connectivity index (χ0n) is 12.8. The van der Waals surface area contributed by atoms with Gasteiger partial charge in [-0.25, -0.2) is 9.98 Å². The van der Waals surface area contributed by atoms with Crippen LogP contribution in [0, 0.1) is 0 Å². The molecular weight excluding hydrogens is 340 g/mol. The maximum absolute atomic E-state index is 12.2. The number of halogens is 1. The minimum atomic E-state index is -0.394. The van der Waals surface area contributed by atoms with Gasteiger partial charge in [-0.2, -0.15) is 0 Å². The van der Waals surface area contributed by atoms with Crippen molar-refractivity contribution in [2.75, 3.05) is 0 Å². The number of rotatable bonds is 2. The number of carbonyl (C=O) groups is 1. The van der Waals surface area contributed by atoms with Crippen LogP contribution in [0.2, 0.25) is 5.02 Å². The molecule has 0 fully saturated rings. The number of aromatic hydroxyl groups is 1. The smallest absolute Gasteiger partial charge is 0.310 e. The predicted octanol–water partition coefficient (Wildman–Crippen LogP) is 2.72. The molecule has 0 bridgehead atoms. The van der Waals surface area contributed by atoms with E-state index in [-0.39, 0.29) is 17.5 Å². The van der Waals surface area contributed by atoms with Crippen molar-refractivity contribution in [3.63, 3.8) is 0 Å². The Bertz CT molecular complexity index is 1130. The van der Waals surface area contributed by atoms with Gasteiger partial charge < -0.3 is 9.52 Å². The minimum Gasteiger partial charge on any atom is -0.479 e. The lowest BCUT2D eigenvalue weighted by Crippen LogP contribution is -2.29. The van der Waals surface area contributed by atoms with E-state index in [9.17, 15) is 9.90 Å². The Morgan fingerprint density at radius 1 is 1.08 bits per heavy atom. The summed E-state index contributed by atoms with van der Waals surface area (Å²) >= 11 is 5.86. The fourth-order valence-electron chi connectivity index (χ4n) is 2.50. The molecular formula is C19H11ClN2O3. The van der Waals surface area contributed by atoms with Crippen molar-refractivity contribution in [1.82, 2.24) is 4.98 Å². The summed E-state index contributed by atoms with van der Waals surface area (Å²) < 4.78 is 5.29. The normalized spacial score (nSPS) is 14.8. The molecule has 1 N–H and O–H groups in total. The van der Waals surface area contributed by atoms with Crippen molar-refractivity contribution in [1.29, 1.82) is 0 Å². The van der Waals surface area contributed by atoms with E-state index in [4.69, 9.17) is 16.0 Å². The summed E-state index contributed by atoms with van der Waals surface area (Å²) in [5.41, 5.74) is 1.16. The van der Waals surface area contributed by atoms with Crippen molar-refractivity contribution in [2.24, 2.45) is 4.99 Å². The maximum Gasteiger partial charge on any atom is 0.310 e. The molecule has 0 spiro atoms. The van der Waals surface area contributed by atoms with E-state index in [1.54, 1.807) is 36.4 Å². The second kappa shape index (κ2) is 6.03. The van der Waals surface area contributed by atoms with Crippen LogP contribution in [-0.2, 0) is 4.79 Å². The van der Waals surface area contributed by atoms with Crippen molar-refractivity contribution in [2.45, 2.75) is 0 Å². The summed E-state index contributed by atoms with van der Waals surface area (Å²) in [5.74, 6) is -0.520. The average Bonchev–Trinajstić information content (AvgIpc) is 2.97. The number of carbonyl (C=O) groups excluding carboxylic acids is 1. The van der Waals surface area contributed by atoms with Gasteiger partial charge in [0, 0.05) is 21.4 Å². The Kier molecular flexibility index (Phi) is 3.71. The Hall–Kier alpha value is -3.18. The first-order chi connectivity index (χ1) is 12.1. The van der Waals surface area contributed by atoms with Gasteiger partial charge in [0.1, 0.15) is 5.69 Å². The molecule has 4 rings (SSSR count). The Morgan fingerprint density at radius 2 is 1.84 bits per heavy atom. The third-order valence-electron chi connectivity index (χ3n) is 3.73. The van der Waals surface area contributed by atoms with Crippen LogP contribution >= 0.6 is 11.6 Å². The highest BCUT2D eigenvalue weighted by Gasteiger charge is 2.16. The van der Waals surface area contributed by atoms with Crippen LogP contribution in [-0.4, -0.2) is 16.0 Å². The molecule has 1 amide bonds. The Balaban J connectivity index is 1.76. The van der Waals surface area contributed by atoms with Crippen LogP contribution in [0.4, 0.5) is 0 Å². The number of hydrogen-bond donors (Lipinski definition) is 1. The second-order valence-electron chi connectivity index (χ2n) is 5.44. The molecule has 1 aromatic heterocycles. The summed E-state index contributed by atoms with van der Waals surface area (Å²) in [7, 11) is 0. The molecule has 3 aromatic rings. The van der Waals surface area contributed by atoms with E-state index in [0.29, 0.717) is 21.5 Å². The molecule has 0 saturated carbocycles. The molecule has 1 aliphatic heterocycles. The lowest BCUT2D eigenvalue weighted by Gasteiger charge is -2.01. The highest BCUT2D eigenvalue weighted by molar-refractivity contribution is 6.30. The summed E-state index contributed by atoms with van der Waals surface area (Å²) in [6.45, 7) is 0. The minimum absolute atomic E-state index is 0.166. The number of hydrogen-bond acceptors (Lipinski definition) is 4. The van der Waals surface area contributed by atoms with Gasteiger partial charge in [-0.05, 0) is 42.5 Å². The molecule has 2 heterocycles. The molecule has 0 saturated heterocycles. The number of aromatic nitrogens is 1. The summed E-state index contributed by atoms with van der Waals surface area (Å²) in [5, 5.41) is 12.0. The Labute approximate surface area is 147 Å². The zero-order chi connectivity index (χ0) is 17.4. The molecule has 25 heavy (non-hydrogen) atoms. The summed E-state index contributed by atoms with van der Waals surface area (Å²) in [4.78, 5) is 20.4. The van der Waals surface area contributed by atoms with Crippen LogP contribution in [0.1, 0.15) is 5.69 Å². The van der Waals surface area contributed by atoms with E-state index < -0.39 is 5.91 Å². The quantitative estimate of drug-likeness (QED) is 0.721.